The van der Waals surface area contributed by atoms with Crippen molar-refractivity contribution in [3.8, 4) is 11.3 Å². The largest absolute Gasteiger partial charge is 0.366 e. The number of aromatic nitrogens is 6. The van der Waals surface area contributed by atoms with Gasteiger partial charge in [0.2, 0.25) is 5.95 Å². The molecule has 3 aromatic heterocycles. The third-order valence-electron chi connectivity index (χ3n) is 6.57. The predicted molar refractivity (Wildman–Crippen MR) is 127 cm³/mol. The summed E-state index contributed by atoms with van der Waals surface area (Å²) in [6.45, 7) is 4.53. The molecule has 2 fully saturated rings. The van der Waals surface area contributed by atoms with E-state index in [9.17, 15) is 13.6 Å². The molecule has 1 atom stereocenters. The van der Waals surface area contributed by atoms with Gasteiger partial charge in [0.05, 0.1) is 42.3 Å². The molecule has 0 amide bonds. The monoisotopic (exact) mass is 491 g/mol. The highest BCUT2D eigenvalue weighted by Crippen LogP contribution is 2.34. The summed E-state index contributed by atoms with van der Waals surface area (Å²) in [7, 11) is 0. The van der Waals surface area contributed by atoms with Gasteiger partial charge < -0.3 is 9.64 Å². The van der Waals surface area contributed by atoms with Crippen LogP contribution in [0.3, 0.4) is 0 Å². The van der Waals surface area contributed by atoms with Gasteiger partial charge in [0.15, 0.2) is 11.4 Å². The molecule has 1 saturated carbocycles. The van der Waals surface area contributed by atoms with Crippen LogP contribution in [-0.2, 0) is 4.74 Å². The molecular formula is C25H23F2N7O2. The second-order valence-corrected chi connectivity index (χ2v) is 9.17. The van der Waals surface area contributed by atoms with Crippen LogP contribution >= 0.6 is 0 Å². The Morgan fingerprint density at radius 1 is 1.08 bits per heavy atom. The van der Waals surface area contributed by atoms with E-state index in [0.29, 0.717) is 40.7 Å². The number of ketones is 1. The van der Waals surface area contributed by atoms with Crippen molar-refractivity contribution in [2.45, 2.75) is 38.8 Å². The first-order valence-corrected chi connectivity index (χ1v) is 11.8. The maximum absolute atomic E-state index is 14.8. The number of hydrogen-bond donors (Lipinski definition) is 0. The standard InChI is InChI=1S/C25H23F2N7O2/c1-13-14(2)30-24-22(29-13)21(18-6-3-16(26)9-19(18)27)31-25(32-24)33-7-8-36-20(12-33)23(35)15-10-28-34(11-15)17-4-5-17/h3,6,9-11,17,20H,4-5,7-8,12H2,1-2H3. The molecule has 36 heavy (non-hydrogen) atoms. The van der Waals surface area contributed by atoms with Gasteiger partial charge in [-0.2, -0.15) is 10.1 Å². The van der Waals surface area contributed by atoms with E-state index in [-0.39, 0.29) is 36.1 Å². The first-order chi connectivity index (χ1) is 17.4. The van der Waals surface area contributed by atoms with E-state index < -0.39 is 17.7 Å². The number of nitrogens with zero attached hydrogens (tertiary/aromatic N) is 7. The van der Waals surface area contributed by atoms with Gasteiger partial charge in [-0.1, -0.05) is 0 Å². The van der Waals surface area contributed by atoms with Crippen LogP contribution in [0.4, 0.5) is 14.7 Å². The lowest BCUT2D eigenvalue weighted by Gasteiger charge is -2.32. The zero-order chi connectivity index (χ0) is 25.0. The van der Waals surface area contributed by atoms with Gasteiger partial charge in [-0.3, -0.25) is 9.48 Å². The van der Waals surface area contributed by atoms with Crippen molar-refractivity contribution in [3.05, 3.63) is 59.2 Å². The molecule has 6 rings (SSSR count). The van der Waals surface area contributed by atoms with Crippen molar-refractivity contribution in [2.24, 2.45) is 0 Å². The summed E-state index contributed by atoms with van der Waals surface area (Å²) >= 11 is 0. The van der Waals surface area contributed by atoms with Gasteiger partial charge in [0, 0.05) is 24.4 Å². The molecule has 0 N–H and O–H groups in total. The van der Waals surface area contributed by atoms with E-state index >= 15 is 0 Å². The number of rotatable bonds is 5. The quantitative estimate of drug-likeness (QED) is 0.391. The maximum Gasteiger partial charge on any atom is 0.228 e. The summed E-state index contributed by atoms with van der Waals surface area (Å²) in [5, 5.41) is 4.30. The third-order valence-corrected chi connectivity index (χ3v) is 6.57. The fourth-order valence-corrected chi connectivity index (χ4v) is 4.29. The highest BCUT2D eigenvalue weighted by atomic mass is 19.1. The highest BCUT2D eigenvalue weighted by molar-refractivity contribution is 5.99. The minimum Gasteiger partial charge on any atom is -0.366 e. The number of fused-ring (bicyclic) bond motifs is 1. The van der Waals surface area contributed by atoms with Crippen molar-refractivity contribution in [1.29, 1.82) is 0 Å². The summed E-state index contributed by atoms with van der Waals surface area (Å²) in [5.41, 5.74) is 2.76. The van der Waals surface area contributed by atoms with Gasteiger partial charge in [-0.15, -0.1) is 0 Å². The van der Waals surface area contributed by atoms with Crippen LogP contribution in [0, 0.1) is 25.5 Å². The number of hydrogen-bond acceptors (Lipinski definition) is 8. The second-order valence-electron chi connectivity index (χ2n) is 9.17. The Balaban J connectivity index is 1.37. The molecule has 0 bridgehead atoms. The Bertz CT molecular complexity index is 1500. The maximum atomic E-state index is 14.8. The number of ether oxygens (including phenoxy) is 1. The molecule has 0 radical (unpaired) electrons. The van der Waals surface area contributed by atoms with Crippen molar-refractivity contribution in [2.75, 3.05) is 24.6 Å². The van der Waals surface area contributed by atoms with Crippen LogP contribution in [0.25, 0.3) is 22.4 Å². The molecule has 9 nitrogen and oxygen atoms in total. The van der Waals surface area contributed by atoms with Crippen LogP contribution < -0.4 is 4.90 Å². The second kappa shape index (κ2) is 8.66. The Hall–Kier alpha value is -3.86. The average Bonchev–Trinajstić information content (AvgIpc) is 3.60. The molecule has 1 aromatic carbocycles. The molecule has 11 heteroatoms. The smallest absolute Gasteiger partial charge is 0.228 e. The number of aryl methyl sites for hydroxylation is 2. The summed E-state index contributed by atoms with van der Waals surface area (Å²) in [4.78, 5) is 33.3. The van der Waals surface area contributed by atoms with Gasteiger partial charge in [-0.05, 0) is 38.8 Å². The van der Waals surface area contributed by atoms with Crippen molar-refractivity contribution >= 4 is 22.9 Å². The van der Waals surface area contributed by atoms with E-state index in [1.165, 1.54) is 12.1 Å². The van der Waals surface area contributed by atoms with E-state index in [1.807, 2.05) is 16.5 Å². The average molecular weight is 492 g/mol. The number of Topliss-reactive ketones (excluding diaryl/α,β-unsaturated/α-hetero) is 1. The lowest BCUT2D eigenvalue weighted by molar-refractivity contribution is 0.0338. The molecular weight excluding hydrogens is 468 g/mol. The molecule has 4 aromatic rings. The number of anilines is 1. The van der Waals surface area contributed by atoms with Crippen LogP contribution in [-0.4, -0.2) is 61.3 Å². The number of benzene rings is 1. The predicted octanol–water partition coefficient (Wildman–Crippen LogP) is 3.60. The third kappa shape index (κ3) is 4.09. The Morgan fingerprint density at radius 2 is 1.89 bits per heavy atom. The lowest BCUT2D eigenvalue weighted by Crippen LogP contribution is -2.46. The summed E-state index contributed by atoms with van der Waals surface area (Å²) < 4.78 is 36.0. The van der Waals surface area contributed by atoms with Crippen LogP contribution in [0.15, 0.2) is 30.6 Å². The zero-order valence-electron chi connectivity index (χ0n) is 19.8. The zero-order valence-corrected chi connectivity index (χ0v) is 19.8. The van der Waals surface area contributed by atoms with Crippen LogP contribution in [0.2, 0.25) is 0 Å². The summed E-state index contributed by atoms with van der Waals surface area (Å²) in [6.07, 6.45) is 4.76. The van der Waals surface area contributed by atoms with Crippen LogP contribution in [0.5, 0.6) is 0 Å². The minimum absolute atomic E-state index is 0.0935. The first kappa shape index (κ1) is 22.6. The van der Waals surface area contributed by atoms with Crippen molar-refractivity contribution in [3.63, 3.8) is 0 Å². The molecule has 1 aliphatic carbocycles. The SMILES string of the molecule is Cc1nc2nc(N3CCOC(C(=O)c4cnn(C5CC5)c4)C3)nc(-c3ccc(F)cc3F)c2nc1C. The molecule has 184 valence electrons. The van der Waals surface area contributed by atoms with Crippen molar-refractivity contribution < 1.29 is 18.3 Å². The molecule has 0 spiro atoms. The van der Waals surface area contributed by atoms with E-state index in [4.69, 9.17) is 4.74 Å². The fraction of sp³-hybridized carbons (Fsp3) is 0.360. The molecule has 4 heterocycles. The molecule has 1 unspecified atom stereocenters. The summed E-state index contributed by atoms with van der Waals surface area (Å²) in [6, 6.07) is 3.68. The lowest BCUT2D eigenvalue weighted by atomic mass is 10.1. The topological polar surface area (TPSA) is 98.9 Å². The Morgan fingerprint density at radius 3 is 2.67 bits per heavy atom. The van der Waals surface area contributed by atoms with E-state index in [1.54, 1.807) is 19.3 Å². The Labute approximate surface area is 205 Å². The Kier molecular flexibility index (Phi) is 5.44. The fourth-order valence-electron chi connectivity index (χ4n) is 4.29. The van der Waals surface area contributed by atoms with E-state index in [0.717, 1.165) is 18.9 Å². The number of morpholine rings is 1. The van der Waals surface area contributed by atoms with E-state index in [2.05, 4.69) is 25.0 Å². The number of carbonyl (C=O) groups is 1. The van der Waals surface area contributed by atoms with Gasteiger partial charge in [0.25, 0.3) is 0 Å². The molecule has 2 aliphatic rings. The number of halogens is 2. The number of carbonyl (C=O) groups excluding carboxylic acids is 1. The van der Waals surface area contributed by atoms with Gasteiger partial charge in [-0.25, -0.2) is 23.7 Å². The van der Waals surface area contributed by atoms with Crippen LogP contribution in [0.1, 0.15) is 40.6 Å². The molecule has 1 saturated heterocycles. The normalized spacial score (nSPS) is 18.1. The van der Waals surface area contributed by atoms with Crippen molar-refractivity contribution in [1.82, 2.24) is 29.7 Å². The minimum atomic E-state index is -0.760. The first-order valence-electron chi connectivity index (χ1n) is 11.8. The summed E-state index contributed by atoms with van der Waals surface area (Å²) in [5.74, 6) is -1.34. The molecule has 1 aliphatic heterocycles. The van der Waals surface area contributed by atoms with Gasteiger partial charge in [0.1, 0.15) is 28.9 Å². The van der Waals surface area contributed by atoms with Gasteiger partial charge >= 0.3 is 0 Å². The highest BCUT2D eigenvalue weighted by Gasteiger charge is 2.32.